The lowest BCUT2D eigenvalue weighted by atomic mass is 10.1. The largest absolute Gasteiger partial charge is 0.349 e. The summed E-state index contributed by atoms with van der Waals surface area (Å²) in [5.41, 5.74) is 2.95. The van der Waals surface area contributed by atoms with Crippen molar-refractivity contribution < 1.29 is 9.59 Å². The number of ketones is 1. The van der Waals surface area contributed by atoms with E-state index in [0.29, 0.717) is 29.4 Å². The van der Waals surface area contributed by atoms with E-state index in [1.165, 1.54) is 6.92 Å². The number of pyridine rings is 1. The Morgan fingerprint density at radius 2 is 1.81 bits per heavy atom. The smallest absolute Gasteiger partial charge is 0.274 e. The van der Waals surface area contributed by atoms with Crippen molar-refractivity contribution in [2.24, 2.45) is 0 Å². The van der Waals surface area contributed by atoms with Crippen LogP contribution >= 0.6 is 0 Å². The molecular formula is C20H19N5O2. The minimum absolute atomic E-state index is 0.0251. The zero-order valence-electron chi connectivity index (χ0n) is 15.1. The molecule has 0 unspecified atom stereocenters. The maximum absolute atomic E-state index is 12.5. The third-order valence-electron chi connectivity index (χ3n) is 3.79. The lowest BCUT2D eigenvalue weighted by Crippen LogP contribution is -2.16. The molecule has 1 aromatic carbocycles. The number of anilines is 2. The normalized spacial score (nSPS) is 10.3. The summed E-state index contributed by atoms with van der Waals surface area (Å²) < 4.78 is 0. The van der Waals surface area contributed by atoms with E-state index in [1.54, 1.807) is 43.5 Å². The van der Waals surface area contributed by atoms with E-state index < -0.39 is 0 Å². The van der Waals surface area contributed by atoms with Gasteiger partial charge in [0.15, 0.2) is 5.78 Å². The minimum Gasteiger partial charge on any atom is -0.349 e. The van der Waals surface area contributed by atoms with Crippen molar-refractivity contribution in [3.8, 4) is 0 Å². The molecule has 0 saturated carbocycles. The predicted octanol–water partition coefficient (Wildman–Crippen LogP) is 3.25. The summed E-state index contributed by atoms with van der Waals surface area (Å²) in [4.78, 5) is 36.6. The van der Waals surface area contributed by atoms with E-state index in [-0.39, 0.29) is 17.4 Å². The number of hydrogen-bond acceptors (Lipinski definition) is 6. The number of benzene rings is 1. The standard InChI is InChI=1S/C20H19N5O2/c1-13-11-18(19(27)24-16-8-6-15(7-9-16)14(2)26)25-20(23-13)22-12-17-5-3-4-10-21-17/h3-11H,12H2,1-2H3,(H,24,27)(H,22,23,25). The topological polar surface area (TPSA) is 96.9 Å². The van der Waals surface area contributed by atoms with E-state index in [9.17, 15) is 9.59 Å². The number of Topliss-reactive ketones (excluding diaryl/α,β-unsaturated/α-hetero) is 1. The van der Waals surface area contributed by atoms with E-state index in [1.807, 2.05) is 18.2 Å². The number of nitrogens with one attached hydrogen (secondary N) is 2. The Morgan fingerprint density at radius 3 is 2.48 bits per heavy atom. The molecule has 1 amide bonds. The molecule has 0 spiro atoms. The first-order chi connectivity index (χ1) is 13.0. The van der Waals surface area contributed by atoms with E-state index in [2.05, 4.69) is 25.6 Å². The molecule has 0 atom stereocenters. The number of aryl methyl sites for hydroxylation is 1. The number of rotatable bonds is 6. The van der Waals surface area contributed by atoms with Crippen LogP contribution in [0.4, 0.5) is 11.6 Å². The fourth-order valence-corrected chi connectivity index (χ4v) is 2.42. The zero-order valence-corrected chi connectivity index (χ0v) is 15.1. The Labute approximate surface area is 156 Å². The van der Waals surface area contributed by atoms with Crippen molar-refractivity contribution >= 4 is 23.3 Å². The van der Waals surface area contributed by atoms with Crippen molar-refractivity contribution in [1.82, 2.24) is 15.0 Å². The summed E-state index contributed by atoms with van der Waals surface area (Å²) in [5, 5.41) is 5.85. The molecule has 7 nitrogen and oxygen atoms in total. The van der Waals surface area contributed by atoms with Gasteiger partial charge in [-0.1, -0.05) is 6.07 Å². The van der Waals surface area contributed by atoms with Gasteiger partial charge in [0.1, 0.15) is 5.69 Å². The molecule has 0 bridgehead atoms. The second-order valence-electron chi connectivity index (χ2n) is 5.98. The lowest BCUT2D eigenvalue weighted by Gasteiger charge is -2.09. The molecule has 0 fully saturated rings. The first-order valence-corrected chi connectivity index (χ1v) is 8.43. The van der Waals surface area contributed by atoms with Crippen molar-refractivity contribution in [3.63, 3.8) is 0 Å². The highest BCUT2D eigenvalue weighted by atomic mass is 16.2. The van der Waals surface area contributed by atoms with Crippen LogP contribution in [0.5, 0.6) is 0 Å². The van der Waals surface area contributed by atoms with Crippen molar-refractivity contribution in [2.75, 3.05) is 10.6 Å². The molecule has 0 saturated heterocycles. The first kappa shape index (κ1) is 18.2. The van der Waals surface area contributed by atoms with Crippen LogP contribution in [0.25, 0.3) is 0 Å². The number of aromatic nitrogens is 3. The van der Waals surface area contributed by atoms with Crippen LogP contribution in [0.15, 0.2) is 54.7 Å². The molecule has 3 rings (SSSR count). The molecule has 2 aromatic heterocycles. The Balaban J connectivity index is 1.70. The molecule has 3 aromatic rings. The minimum atomic E-state index is -0.350. The highest BCUT2D eigenvalue weighted by Crippen LogP contribution is 2.13. The Bertz CT molecular complexity index is 956. The maximum Gasteiger partial charge on any atom is 0.274 e. The average Bonchev–Trinajstić information content (AvgIpc) is 2.67. The molecule has 2 heterocycles. The van der Waals surface area contributed by atoms with Crippen molar-refractivity contribution in [3.05, 3.63) is 77.4 Å². The molecule has 27 heavy (non-hydrogen) atoms. The van der Waals surface area contributed by atoms with Crippen LogP contribution in [0.1, 0.15) is 39.2 Å². The number of carbonyl (C=O) groups excluding carboxylic acids is 2. The van der Waals surface area contributed by atoms with Gasteiger partial charge in [-0.3, -0.25) is 14.6 Å². The van der Waals surface area contributed by atoms with Gasteiger partial charge in [0.2, 0.25) is 5.95 Å². The Hall–Kier alpha value is -3.61. The van der Waals surface area contributed by atoms with Gasteiger partial charge in [-0.15, -0.1) is 0 Å². The zero-order chi connectivity index (χ0) is 19.2. The van der Waals surface area contributed by atoms with E-state index in [4.69, 9.17) is 0 Å². The van der Waals surface area contributed by atoms with Gasteiger partial charge in [-0.2, -0.15) is 0 Å². The van der Waals surface area contributed by atoms with Crippen LogP contribution in [-0.2, 0) is 6.54 Å². The van der Waals surface area contributed by atoms with Gasteiger partial charge in [0, 0.05) is 23.1 Å². The number of hydrogen-bond donors (Lipinski definition) is 2. The number of nitrogens with zero attached hydrogens (tertiary/aromatic N) is 3. The third kappa shape index (κ3) is 4.94. The molecule has 7 heteroatoms. The highest BCUT2D eigenvalue weighted by Gasteiger charge is 2.11. The Kier molecular flexibility index (Phi) is 5.51. The average molecular weight is 361 g/mol. The second-order valence-corrected chi connectivity index (χ2v) is 5.98. The summed E-state index contributed by atoms with van der Waals surface area (Å²) in [6, 6.07) is 14.0. The molecule has 0 aliphatic heterocycles. The summed E-state index contributed by atoms with van der Waals surface area (Å²) >= 11 is 0. The molecule has 2 N–H and O–H groups in total. The maximum atomic E-state index is 12.5. The van der Waals surface area contributed by atoms with Crippen LogP contribution in [0.2, 0.25) is 0 Å². The van der Waals surface area contributed by atoms with E-state index >= 15 is 0 Å². The highest BCUT2D eigenvalue weighted by molar-refractivity contribution is 6.03. The fraction of sp³-hybridized carbons (Fsp3) is 0.150. The predicted molar refractivity (Wildman–Crippen MR) is 103 cm³/mol. The third-order valence-corrected chi connectivity index (χ3v) is 3.79. The van der Waals surface area contributed by atoms with Gasteiger partial charge >= 0.3 is 0 Å². The van der Waals surface area contributed by atoms with Crippen molar-refractivity contribution in [1.29, 1.82) is 0 Å². The Morgan fingerprint density at radius 1 is 1.04 bits per heavy atom. The summed E-state index contributed by atoms with van der Waals surface area (Å²) in [6.45, 7) is 3.75. The molecule has 0 aliphatic carbocycles. The van der Waals surface area contributed by atoms with Crippen LogP contribution in [0.3, 0.4) is 0 Å². The molecule has 0 aliphatic rings. The monoisotopic (exact) mass is 361 g/mol. The van der Waals surface area contributed by atoms with Gasteiger partial charge in [-0.25, -0.2) is 9.97 Å². The summed E-state index contributed by atoms with van der Waals surface area (Å²) in [5.74, 6) is -0.0161. The van der Waals surface area contributed by atoms with Gasteiger partial charge < -0.3 is 10.6 Å². The summed E-state index contributed by atoms with van der Waals surface area (Å²) in [7, 11) is 0. The second kappa shape index (κ2) is 8.18. The molecule has 0 radical (unpaired) electrons. The van der Waals surface area contributed by atoms with E-state index in [0.717, 1.165) is 5.69 Å². The SMILES string of the molecule is CC(=O)c1ccc(NC(=O)c2cc(C)nc(NCc3ccccn3)n2)cc1. The molecule has 136 valence electrons. The fourth-order valence-electron chi connectivity index (χ4n) is 2.42. The quantitative estimate of drug-likeness (QED) is 0.654. The van der Waals surface area contributed by atoms with Crippen LogP contribution in [-0.4, -0.2) is 26.6 Å². The van der Waals surface area contributed by atoms with Crippen molar-refractivity contribution in [2.45, 2.75) is 20.4 Å². The van der Waals surface area contributed by atoms with Crippen LogP contribution in [0, 0.1) is 6.92 Å². The van der Waals surface area contributed by atoms with Crippen LogP contribution < -0.4 is 10.6 Å². The van der Waals surface area contributed by atoms with Gasteiger partial charge in [-0.05, 0) is 56.3 Å². The van der Waals surface area contributed by atoms with Gasteiger partial charge in [0.25, 0.3) is 5.91 Å². The molecular weight excluding hydrogens is 342 g/mol. The number of carbonyl (C=O) groups is 2. The number of amides is 1. The summed E-state index contributed by atoms with van der Waals surface area (Å²) in [6.07, 6.45) is 1.71. The van der Waals surface area contributed by atoms with Gasteiger partial charge in [0.05, 0.1) is 12.2 Å². The first-order valence-electron chi connectivity index (χ1n) is 8.43. The lowest BCUT2D eigenvalue weighted by molar-refractivity contribution is 0.101.